The zero-order valence-electron chi connectivity index (χ0n) is 18.5. The third-order valence-corrected chi connectivity index (χ3v) is 5.48. The highest BCUT2D eigenvalue weighted by molar-refractivity contribution is 5.66. The molecular formula is C22H27FN6O4. The maximum absolute atomic E-state index is 14.8. The lowest BCUT2D eigenvalue weighted by Gasteiger charge is -2.38. The van der Waals surface area contributed by atoms with Crippen molar-refractivity contribution in [1.82, 2.24) is 15.3 Å². The molecule has 2 aromatic rings. The largest absolute Gasteiger partial charge is 0.475 e. The summed E-state index contributed by atoms with van der Waals surface area (Å²) < 4.78 is 25.2. The number of halogens is 1. The highest BCUT2D eigenvalue weighted by Crippen LogP contribution is 2.34. The number of pyridine rings is 2. The van der Waals surface area contributed by atoms with Crippen molar-refractivity contribution >= 4 is 23.4 Å². The van der Waals surface area contributed by atoms with Gasteiger partial charge in [-0.2, -0.15) is 5.26 Å². The van der Waals surface area contributed by atoms with Crippen molar-refractivity contribution < 1.29 is 23.8 Å². The van der Waals surface area contributed by atoms with Gasteiger partial charge in [0, 0.05) is 31.1 Å². The second-order valence-electron chi connectivity index (χ2n) is 7.78. The van der Waals surface area contributed by atoms with Gasteiger partial charge in [0.05, 0.1) is 18.2 Å². The standard InChI is InChI=1S/C22H27FN6O4/c1-13(26-22(30)31)19(14-4-3-5-14)28-21-17(23)10-15(12-24)20(29-21)27-16-6-7-25-18(11-16)33-9-8-32-2/h6-7,10-11,13-14,19,26H,3-5,8-9H2,1-2H3,(H,30,31)(H2,25,27,28,29)/t13-,19+/m0/s1. The minimum Gasteiger partial charge on any atom is -0.475 e. The van der Waals surface area contributed by atoms with E-state index in [4.69, 9.17) is 14.6 Å². The van der Waals surface area contributed by atoms with Gasteiger partial charge in [-0.05, 0) is 37.8 Å². The molecule has 33 heavy (non-hydrogen) atoms. The molecule has 0 spiro atoms. The van der Waals surface area contributed by atoms with Gasteiger partial charge in [0.1, 0.15) is 12.7 Å². The minimum absolute atomic E-state index is 0.0219. The molecule has 4 N–H and O–H groups in total. The summed E-state index contributed by atoms with van der Waals surface area (Å²) in [5.74, 6) is -0.0521. The van der Waals surface area contributed by atoms with Crippen molar-refractivity contribution in [3.63, 3.8) is 0 Å². The molecule has 10 nitrogen and oxygen atoms in total. The summed E-state index contributed by atoms with van der Waals surface area (Å²) in [4.78, 5) is 19.5. The lowest BCUT2D eigenvalue weighted by atomic mass is 9.77. The third kappa shape index (κ3) is 6.43. The van der Waals surface area contributed by atoms with E-state index in [1.807, 2.05) is 6.07 Å². The number of nitrogens with one attached hydrogen (secondary N) is 3. The van der Waals surface area contributed by atoms with Gasteiger partial charge in [0.2, 0.25) is 5.88 Å². The SMILES string of the molecule is COCCOc1cc(Nc2nc(N[C@@H](C3CCC3)[C@H](C)NC(=O)O)c(F)cc2C#N)ccn1. The van der Waals surface area contributed by atoms with Crippen LogP contribution in [0.15, 0.2) is 24.4 Å². The number of nitrogens with zero attached hydrogens (tertiary/aromatic N) is 3. The molecule has 1 amide bonds. The first kappa shape index (κ1) is 24.0. The molecule has 1 fully saturated rings. The molecule has 0 aliphatic heterocycles. The van der Waals surface area contributed by atoms with E-state index in [1.165, 1.54) is 6.20 Å². The van der Waals surface area contributed by atoms with E-state index in [1.54, 1.807) is 26.2 Å². The van der Waals surface area contributed by atoms with Crippen LogP contribution >= 0.6 is 0 Å². The number of carboxylic acid groups (broad SMARTS) is 1. The summed E-state index contributed by atoms with van der Waals surface area (Å²) in [7, 11) is 1.57. The highest BCUT2D eigenvalue weighted by atomic mass is 19.1. The Bertz CT molecular complexity index is 1010. The van der Waals surface area contributed by atoms with E-state index < -0.39 is 18.0 Å². The van der Waals surface area contributed by atoms with Crippen LogP contribution in [0.25, 0.3) is 0 Å². The first-order chi connectivity index (χ1) is 15.9. The third-order valence-electron chi connectivity index (χ3n) is 5.48. The van der Waals surface area contributed by atoms with Crippen LogP contribution in [-0.4, -0.2) is 53.6 Å². The van der Waals surface area contributed by atoms with E-state index in [-0.39, 0.29) is 29.2 Å². The average molecular weight is 458 g/mol. The molecule has 1 saturated carbocycles. The number of ether oxygens (including phenoxy) is 2. The molecule has 0 unspecified atom stereocenters. The molecule has 176 valence electrons. The lowest BCUT2D eigenvalue weighted by molar-refractivity contribution is 0.144. The zero-order chi connectivity index (χ0) is 23.8. The normalized spacial score (nSPS) is 15.0. The van der Waals surface area contributed by atoms with Crippen molar-refractivity contribution in [2.24, 2.45) is 5.92 Å². The predicted octanol–water partition coefficient (Wildman–Crippen LogP) is 3.49. The van der Waals surface area contributed by atoms with Crippen molar-refractivity contribution in [2.75, 3.05) is 31.0 Å². The Hall–Kier alpha value is -3.65. The van der Waals surface area contributed by atoms with Crippen LogP contribution in [-0.2, 0) is 4.74 Å². The fraction of sp³-hybridized carbons (Fsp3) is 0.455. The van der Waals surface area contributed by atoms with E-state index >= 15 is 0 Å². The molecule has 0 saturated heterocycles. The number of methoxy groups -OCH3 is 1. The minimum atomic E-state index is -1.15. The number of hydrogen-bond donors (Lipinski definition) is 4. The summed E-state index contributed by atoms with van der Waals surface area (Å²) in [5, 5.41) is 27.1. The van der Waals surface area contributed by atoms with Crippen LogP contribution in [0.2, 0.25) is 0 Å². The first-order valence-electron chi connectivity index (χ1n) is 10.6. The van der Waals surface area contributed by atoms with Crippen molar-refractivity contribution in [1.29, 1.82) is 5.26 Å². The second kappa shape index (κ2) is 11.3. The number of amides is 1. The van der Waals surface area contributed by atoms with Crippen LogP contribution in [0, 0.1) is 23.1 Å². The highest BCUT2D eigenvalue weighted by Gasteiger charge is 2.33. The molecule has 1 aliphatic rings. The zero-order valence-corrected chi connectivity index (χ0v) is 18.5. The number of carbonyl (C=O) groups is 1. The summed E-state index contributed by atoms with van der Waals surface area (Å²) in [5.41, 5.74) is 0.573. The summed E-state index contributed by atoms with van der Waals surface area (Å²) in [6.45, 7) is 2.46. The fourth-order valence-corrected chi connectivity index (χ4v) is 3.60. The van der Waals surface area contributed by atoms with Crippen molar-refractivity contribution in [2.45, 2.75) is 38.3 Å². The summed E-state index contributed by atoms with van der Waals surface area (Å²) in [6, 6.07) is 5.52. The molecule has 2 atom stereocenters. The topological polar surface area (TPSA) is 141 Å². The molecule has 2 heterocycles. The number of rotatable bonds is 11. The number of nitriles is 1. The van der Waals surface area contributed by atoms with Crippen LogP contribution in [0.4, 0.5) is 26.5 Å². The van der Waals surface area contributed by atoms with Gasteiger partial charge in [-0.3, -0.25) is 0 Å². The van der Waals surface area contributed by atoms with Crippen LogP contribution in [0.3, 0.4) is 0 Å². The molecule has 0 aromatic carbocycles. The molecule has 3 rings (SSSR count). The maximum atomic E-state index is 14.8. The molecule has 0 radical (unpaired) electrons. The van der Waals surface area contributed by atoms with Gasteiger partial charge in [-0.25, -0.2) is 19.2 Å². The van der Waals surface area contributed by atoms with Gasteiger partial charge in [-0.15, -0.1) is 0 Å². The van der Waals surface area contributed by atoms with E-state index in [0.717, 1.165) is 25.3 Å². The smallest absolute Gasteiger partial charge is 0.404 e. The summed E-state index contributed by atoms with van der Waals surface area (Å²) in [6.07, 6.45) is 3.25. The fourth-order valence-electron chi connectivity index (χ4n) is 3.60. The lowest BCUT2D eigenvalue weighted by Crippen LogP contribution is -2.50. The van der Waals surface area contributed by atoms with E-state index in [9.17, 15) is 14.4 Å². The molecule has 2 aromatic heterocycles. The number of anilines is 3. The van der Waals surface area contributed by atoms with Crippen LogP contribution < -0.4 is 20.7 Å². The molecule has 1 aliphatic carbocycles. The monoisotopic (exact) mass is 458 g/mol. The Labute approximate surface area is 191 Å². The predicted molar refractivity (Wildman–Crippen MR) is 119 cm³/mol. The Morgan fingerprint density at radius 2 is 2.15 bits per heavy atom. The van der Waals surface area contributed by atoms with Gasteiger partial charge >= 0.3 is 6.09 Å². The van der Waals surface area contributed by atoms with Crippen LogP contribution in [0.1, 0.15) is 31.7 Å². The molecular weight excluding hydrogens is 431 g/mol. The van der Waals surface area contributed by atoms with Crippen molar-refractivity contribution in [3.05, 3.63) is 35.8 Å². The Morgan fingerprint density at radius 3 is 2.79 bits per heavy atom. The van der Waals surface area contributed by atoms with Crippen LogP contribution in [0.5, 0.6) is 5.88 Å². The van der Waals surface area contributed by atoms with E-state index in [0.29, 0.717) is 24.8 Å². The van der Waals surface area contributed by atoms with Gasteiger partial charge < -0.3 is 30.5 Å². The first-order valence-corrected chi connectivity index (χ1v) is 10.6. The quantitative estimate of drug-likeness (QED) is 0.372. The van der Waals surface area contributed by atoms with Crippen molar-refractivity contribution in [3.8, 4) is 11.9 Å². The Kier molecular flexibility index (Phi) is 8.21. The van der Waals surface area contributed by atoms with Gasteiger partial charge in [0.15, 0.2) is 17.5 Å². The molecule has 11 heteroatoms. The molecule has 0 bridgehead atoms. The Balaban J connectivity index is 1.83. The number of aromatic nitrogens is 2. The Morgan fingerprint density at radius 1 is 1.36 bits per heavy atom. The van der Waals surface area contributed by atoms with E-state index in [2.05, 4.69) is 25.9 Å². The second-order valence-corrected chi connectivity index (χ2v) is 7.78. The maximum Gasteiger partial charge on any atom is 0.404 e. The van der Waals surface area contributed by atoms with Gasteiger partial charge in [-0.1, -0.05) is 6.42 Å². The number of hydrogen-bond acceptors (Lipinski definition) is 8. The summed E-state index contributed by atoms with van der Waals surface area (Å²) >= 11 is 0. The van der Waals surface area contributed by atoms with Gasteiger partial charge in [0.25, 0.3) is 0 Å². The average Bonchev–Trinajstić information content (AvgIpc) is 2.74.